The van der Waals surface area contributed by atoms with E-state index in [-0.39, 0.29) is 0 Å². The molecule has 3 heterocycles. The first kappa shape index (κ1) is 48.1. The molecule has 12 nitrogen and oxygen atoms in total. The van der Waals surface area contributed by atoms with Gasteiger partial charge in [0.25, 0.3) is 0 Å². The standard InChI is InChI=1S/C68H30N12/c1-74-53-24-42(37-71)22-50(26-53)45-11-14-61-57(31-45)58-33-47(52-28-55(76-3)34-56(29-52)77-4)13-15-62(58)79(61)65-8-5-7-48(39-73)67(65)68-66(9-6-18-78-68)80-63-16-10-44(49-20-40(35-69)19-41(21-49)36-70)30-59(63)60-32-46(12-17-64(60)80)51-23-43(38-72)25-54(27-51)75-2/h5-34H. The molecule has 9 aromatic carbocycles. The molecule has 0 aliphatic carbocycles. The Balaban J connectivity index is 1.13. The fourth-order valence-electron chi connectivity index (χ4n) is 10.8. The second-order valence-electron chi connectivity index (χ2n) is 18.7. The minimum atomic E-state index is 0.326. The molecular formula is C68H30N12. The molecule has 0 radical (unpaired) electrons. The average Bonchev–Trinajstić information content (AvgIpc) is 4.21. The first-order chi connectivity index (χ1) is 39.2. The summed E-state index contributed by atoms with van der Waals surface area (Å²) in [7, 11) is 0. The van der Waals surface area contributed by atoms with Crippen LogP contribution in [0.4, 0.5) is 22.7 Å². The van der Waals surface area contributed by atoms with Crippen molar-refractivity contribution in [2.24, 2.45) is 0 Å². The van der Waals surface area contributed by atoms with Crippen LogP contribution in [-0.4, -0.2) is 14.1 Å². The van der Waals surface area contributed by atoms with Gasteiger partial charge in [0.05, 0.1) is 112 Å². The lowest BCUT2D eigenvalue weighted by molar-refractivity contribution is 1.13. The van der Waals surface area contributed by atoms with Crippen molar-refractivity contribution in [3.8, 4) is 97.5 Å². The van der Waals surface area contributed by atoms with Crippen molar-refractivity contribution in [1.82, 2.24) is 14.1 Å². The third-order valence-electron chi connectivity index (χ3n) is 14.2. The molecule has 0 unspecified atom stereocenters. The summed E-state index contributed by atoms with van der Waals surface area (Å²) in [5, 5.41) is 54.2. The Hall–Kier alpha value is -12.9. The second-order valence-corrected chi connectivity index (χ2v) is 18.7. The van der Waals surface area contributed by atoms with E-state index in [4.69, 9.17) is 31.3 Å². The second kappa shape index (κ2) is 19.4. The van der Waals surface area contributed by atoms with Crippen molar-refractivity contribution in [2.45, 2.75) is 0 Å². The van der Waals surface area contributed by atoms with Gasteiger partial charge in [0.15, 0.2) is 22.7 Å². The Labute approximate surface area is 457 Å². The molecule has 0 bridgehead atoms. The van der Waals surface area contributed by atoms with Crippen LogP contribution in [0.25, 0.3) is 130 Å². The zero-order valence-corrected chi connectivity index (χ0v) is 41.7. The van der Waals surface area contributed by atoms with Crippen LogP contribution in [0.2, 0.25) is 0 Å². The monoisotopic (exact) mass is 1010 g/mol. The van der Waals surface area contributed by atoms with Gasteiger partial charge in [-0.05, 0) is 172 Å². The summed E-state index contributed by atoms with van der Waals surface area (Å²) in [5.74, 6) is 0. The molecule has 0 saturated heterocycles. The summed E-state index contributed by atoms with van der Waals surface area (Å²) in [5.41, 5.74) is 14.2. The third kappa shape index (κ3) is 8.08. The molecule has 12 rings (SSSR count). The van der Waals surface area contributed by atoms with E-state index in [1.165, 1.54) is 0 Å². The Morgan fingerprint density at radius 3 is 1.10 bits per heavy atom. The number of fused-ring (bicyclic) bond motifs is 6. The first-order valence-electron chi connectivity index (χ1n) is 24.6. The largest absolute Gasteiger partial charge is 0.309 e. The maximum absolute atomic E-state index is 11.2. The van der Waals surface area contributed by atoms with Crippen molar-refractivity contribution in [3.63, 3.8) is 0 Å². The molecule has 80 heavy (non-hydrogen) atoms. The first-order valence-corrected chi connectivity index (χ1v) is 24.6. The maximum atomic E-state index is 11.2. The lowest BCUT2D eigenvalue weighted by Gasteiger charge is -2.19. The molecule has 0 aliphatic heterocycles. The van der Waals surface area contributed by atoms with Gasteiger partial charge in [-0.1, -0.05) is 48.5 Å². The highest BCUT2D eigenvalue weighted by Gasteiger charge is 2.25. The van der Waals surface area contributed by atoms with Crippen LogP contribution in [-0.2, 0) is 0 Å². The van der Waals surface area contributed by atoms with Gasteiger partial charge >= 0.3 is 0 Å². The molecule has 362 valence electrons. The highest BCUT2D eigenvalue weighted by atomic mass is 15.0. The number of aromatic nitrogens is 3. The van der Waals surface area contributed by atoms with Crippen LogP contribution >= 0.6 is 0 Å². The summed E-state index contributed by atoms with van der Waals surface area (Å²) < 4.78 is 4.21. The Morgan fingerprint density at radius 2 is 0.700 bits per heavy atom. The van der Waals surface area contributed by atoms with E-state index in [9.17, 15) is 26.3 Å². The Kier molecular flexibility index (Phi) is 11.7. The van der Waals surface area contributed by atoms with E-state index in [0.717, 1.165) is 65.9 Å². The number of nitriles is 5. The molecule has 0 fully saturated rings. The van der Waals surface area contributed by atoms with Crippen molar-refractivity contribution in [2.75, 3.05) is 0 Å². The normalized spacial score (nSPS) is 10.6. The summed E-state index contributed by atoms with van der Waals surface area (Å²) in [6, 6.07) is 64.7. The number of pyridine rings is 1. The van der Waals surface area contributed by atoms with Crippen LogP contribution in [0.3, 0.4) is 0 Å². The molecule has 0 N–H and O–H groups in total. The van der Waals surface area contributed by atoms with Crippen molar-refractivity contribution in [3.05, 3.63) is 256 Å². The smallest absolute Gasteiger partial charge is 0.189 e. The van der Waals surface area contributed by atoms with Crippen molar-refractivity contribution in [1.29, 1.82) is 26.3 Å². The zero-order valence-electron chi connectivity index (χ0n) is 41.7. The molecule has 0 spiro atoms. The fourth-order valence-corrected chi connectivity index (χ4v) is 10.8. The van der Waals surface area contributed by atoms with E-state index < -0.39 is 0 Å². The number of hydrogen-bond donors (Lipinski definition) is 0. The van der Waals surface area contributed by atoms with Gasteiger partial charge in [-0.15, -0.1) is 0 Å². The van der Waals surface area contributed by atoms with Crippen LogP contribution < -0.4 is 0 Å². The highest BCUT2D eigenvalue weighted by molar-refractivity contribution is 6.14. The Morgan fingerprint density at radius 1 is 0.338 bits per heavy atom. The molecule has 0 amide bonds. The lowest BCUT2D eigenvalue weighted by Crippen LogP contribution is -2.04. The van der Waals surface area contributed by atoms with E-state index >= 15 is 0 Å². The maximum Gasteiger partial charge on any atom is 0.189 e. The SMILES string of the molecule is [C-]#[N+]c1cc(C#N)cc(-c2ccc3c(c2)c2cc(-c4cc(C#N)cc(C#N)c4)ccc2n3-c2cccnc2-c2c(C#N)cccc2-n2c3ccc(-c4cc(C#N)cc([N+]#[C-])c4)cc3c3cc(-c4cc([N+]#[C-])cc([N+]#[C-])c4)ccc32)c1. The van der Waals surface area contributed by atoms with Gasteiger partial charge < -0.3 is 9.13 Å². The molecular weight excluding hydrogens is 985 g/mol. The molecule has 0 atom stereocenters. The lowest BCUT2D eigenvalue weighted by atomic mass is 9.97. The van der Waals surface area contributed by atoms with Crippen LogP contribution in [0.1, 0.15) is 27.8 Å². The third-order valence-corrected chi connectivity index (χ3v) is 14.2. The van der Waals surface area contributed by atoms with Crippen LogP contribution in [0, 0.1) is 82.9 Å². The van der Waals surface area contributed by atoms with Gasteiger partial charge in [0.2, 0.25) is 0 Å². The van der Waals surface area contributed by atoms with Crippen molar-refractivity contribution >= 4 is 66.4 Å². The van der Waals surface area contributed by atoms with Gasteiger partial charge in [-0.2, -0.15) is 26.3 Å². The topological polar surface area (TPSA) is 159 Å². The van der Waals surface area contributed by atoms with Crippen LogP contribution in [0.15, 0.2) is 182 Å². The Bertz CT molecular complexity index is 4750. The number of hydrogen-bond acceptors (Lipinski definition) is 6. The van der Waals surface area contributed by atoms with Crippen LogP contribution in [0.5, 0.6) is 0 Å². The number of rotatable bonds is 7. The van der Waals surface area contributed by atoms with E-state index in [0.29, 0.717) is 95.5 Å². The van der Waals surface area contributed by atoms with E-state index in [1.807, 2.05) is 97.1 Å². The van der Waals surface area contributed by atoms with E-state index in [1.54, 1.807) is 85.1 Å². The number of benzene rings is 9. The fraction of sp³-hybridized carbons (Fsp3) is 0. The van der Waals surface area contributed by atoms with Gasteiger partial charge in [-0.25, -0.2) is 19.4 Å². The molecule has 0 saturated carbocycles. The number of nitrogens with zero attached hydrogens (tertiary/aromatic N) is 12. The van der Waals surface area contributed by atoms with Gasteiger partial charge in [0, 0.05) is 44.4 Å². The highest BCUT2D eigenvalue weighted by Crippen LogP contribution is 2.45. The van der Waals surface area contributed by atoms with E-state index in [2.05, 4.69) is 58.9 Å². The van der Waals surface area contributed by atoms with Crippen molar-refractivity contribution < 1.29 is 0 Å². The summed E-state index contributed by atoms with van der Waals surface area (Å²) in [6.07, 6.45) is 1.69. The molecule has 12 heteroatoms. The predicted molar refractivity (Wildman–Crippen MR) is 309 cm³/mol. The molecule has 0 aliphatic rings. The minimum absolute atomic E-state index is 0.326. The quantitative estimate of drug-likeness (QED) is 0.145. The van der Waals surface area contributed by atoms with Gasteiger partial charge in [-0.3, -0.25) is 4.98 Å². The minimum Gasteiger partial charge on any atom is -0.309 e. The zero-order chi connectivity index (χ0) is 55.2. The predicted octanol–water partition coefficient (Wildman–Crippen LogP) is 17.2. The summed E-state index contributed by atoms with van der Waals surface area (Å²) in [6.45, 7) is 31.1. The molecule has 3 aromatic heterocycles. The van der Waals surface area contributed by atoms with Gasteiger partial charge in [0.1, 0.15) is 0 Å². The average molecular weight is 1020 g/mol. The molecule has 12 aromatic rings. The summed E-state index contributed by atoms with van der Waals surface area (Å²) in [4.78, 5) is 19.7. The summed E-state index contributed by atoms with van der Waals surface area (Å²) >= 11 is 0.